The number of hydrogen-bond donors (Lipinski definition) is 2. The van der Waals surface area contributed by atoms with Crippen molar-refractivity contribution >= 4 is 11.5 Å². The van der Waals surface area contributed by atoms with E-state index in [1.807, 2.05) is 19.1 Å². The number of anilines is 1. The monoisotopic (exact) mass is 263 g/mol. The first kappa shape index (κ1) is 13.7. The number of benzene rings is 1. The first-order valence-corrected chi connectivity index (χ1v) is 6.49. The first-order valence-electron chi connectivity index (χ1n) is 6.49. The van der Waals surface area contributed by atoms with Crippen LogP contribution in [0.2, 0.25) is 0 Å². The molecule has 19 heavy (non-hydrogen) atoms. The molecule has 104 valence electrons. The summed E-state index contributed by atoms with van der Waals surface area (Å²) in [5.41, 5.74) is 8.55. The number of nitrogens with two attached hydrogens (primary N) is 1. The quantitative estimate of drug-likeness (QED) is 0.369. The Balaban J connectivity index is 2.28. The van der Waals surface area contributed by atoms with E-state index in [2.05, 4.69) is 30.0 Å². The highest BCUT2D eigenvalue weighted by atomic mass is 16.5. The summed E-state index contributed by atoms with van der Waals surface area (Å²) in [5, 5.41) is 11.8. The van der Waals surface area contributed by atoms with E-state index in [1.54, 1.807) is 0 Å². The van der Waals surface area contributed by atoms with Crippen molar-refractivity contribution < 1.29 is 9.94 Å². The lowest BCUT2D eigenvalue weighted by molar-refractivity contribution is 0.0344. The summed E-state index contributed by atoms with van der Waals surface area (Å²) in [6, 6.07) is 6.33. The van der Waals surface area contributed by atoms with E-state index >= 15 is 0 Å². The van der Waals surface area contributed by atoms with Crippen LogP contribution in [0.25, 0.3) is 0 Å². The molecule has 2 atom stereocenters. The molecular weight excluding hydrogens is 242 g/mol. The number of nitrogens with zero attached hydrogens (tertiary/aromatic N) is 2. The van der Waals surface area contributed by atoms with Crippen LogP contribution in [0.1, 0.15) is 25.0 Å². The van der Waals surface area contributed by atoms with Gasteiger partial charge in [0.05, 0.1) is 12.7 Å². The third-order valence-corrected chi connectivity index (χ3v) is 3.53. The highest BCUT2D eigenvalue weighted by Gasteiger charge is 2.23. The maximum absolute atomic E-state index is 8.74. The second-order valence-corrected chi connectivity index (χ2v) is 5.13. The van der Waals surface area contributed by atoms with Gasteiger partial charge in [0.2, 0.25) is 0 Å². The van der Waals surface area contributed by atoms with Gasteiger partial charge in [0, 0.05) is 23.8 Å². The van der Waals surface area contributed by atoms with Gasteiger partial charge in [0.1, 0.15) is 0 Å². The molecular formula is C14H21N3O2. The number of ether oxygens (including phenoxy) is 1. The maximum Gasteiger partial charge on any atom is 0.170 e. The summed E-state index contributed by atoms with van der Waals surface area (Å²) in [6.45, 7) is 7.81. The third kappa shape index (κ3) is 2.81. The van der Waals surface area contributed by atoms with E-state index in [9.17, 15) is 0 Å². The zero-order chi connectivity index (χ0) is 14.0. The van der Waals surface area contributed by atoms with Crippen molar-refractivity contribution in [1.82, 2.24) is 0 Å². The van der Waals surface area contributed by atoms with Crippen LogP contribution < -0.4 is 10.6 Å². The van der Waals surface area contributed by atoms with Crippen LogP contribution in [-0.4, -0.2) is 36.3 Å². The highest BCUT2D eigenvalue weighted by molar-refractivity contribution is 5.98. The molecule has 0 spiro atoms. The molecule has 1 aromatic rings. The van der Waals surface area contributed by atoms with Gasteiger partial charge in [0.25, 0.3) is 0 Å². The van der Waals surface area contributed by atoms with Crippen LogP contribution in [0.5, 0.6) is 0 Å². The van der Waals surface area contributed by atoms with Gasteiger partial charge in [-0.15, -0.1) is 0 Å². The molecule has 2 rings (SSSR count). The van der Waals surface area contributed by atoms with Gasteiger partial charge < -0.3 is 20.6 Å². The van der Waals surface area contributed by atoms with E-state index in [4.69, 9.17) is 15.7 Å². The fourth-order valence-corrected chi connectivity index (χ4v) is 2.43. The summed E-state index contributed by atoms with van der Waals surface area (Å²) in [4.78, 5) is 2.33. The summed E-state index contributed by atoms with van der Waals surface area (Å²) in [7, 11) is 0. The number of aryl methyl sites for hydroxylation is 1. The molecule has 0 bridgehead atoms. The maximum atomic E-state index is 8.74. The summed E-state index contributed by atoms with van der Waals surface area (Å²) < 4.78 is 5.64. The zero-order valence-corrected chi connectivity index (χ0v) is 11.6. The summed E-state index contributed by atoms with van der Waals surface area (Å²) >= 11 is 0. The molecule has 3 N–H and O–H groups in total. The van der Waals surface area contributed by atoms with Gasteiger partial charge in [-0.3, -0.25) is 0 Å². The second-order valence-electron chi connectivity index (χ2n) is 5.13. The molecule has 5 nitrogen and oxygen atoms in total. The lowest BCUT2D eigenvalue weighted by Crippen LogP contribution is -2.47. The Kier molecular flexibility index (Phi) is 3.95. The van der Waals surface area contributed by atoms with Crippen LogP contribution in [0, 0.1) is 6.92 Å². The topological polar surface area (TPSA) is 71.1 Å². The SMILES string of the molecule is Cc1cc(N2CC(C)OCC2C)ccc1/C(N)=N/O. The Bertz CT molecular complexity index is 488. The molecule has 2 unspecified atom stereocenters. The van der Waals surface area contributed by atoms with E-state index in [0.29, 0.717) is 6.04 Å². The Morgan fingerprint density at radius 2 is 2.21 bits per heavy atom. The Morgan fingerprint density at radius 3 is 2.84 bits per heavy atom. The number of rotatable bonds is 2. The largest absolute Gasteiger partial charge is 0.409 e. The Morgan fingerprint density at radius 1 is 1.47 bits per heavy atom. The smallest absolute Gasteiger partial charge is 0.170 e. The molecule has 5 heteroatoms. The second kappa shape index (κ2) is 5.48. The van der Waals surface area contributed by atoms with Gasteiger partial charge in [-0.1, -0.05) is 5.16 Å². The summed E-state index contributed by atoms with van der Waals surface area (Å²) in [5.74, 6) is 0.146. The van der Waals surface area contributed by atoms with Crippen molar-refractivity contribution in [3.05, 3.63) is 29.3 Å². The molecule has 0 amide bonds. The van der Waals surface area contributed by atoms with Crippen LogP contribution in [0.3, 0.4) is 0 Å². The number of hydrogen-bond acceptors (Lipinski definition) is 4. The minimum absolute atomic E-state index is 0.146. The minimum Gasteiger partial charge on any atom is -0.409 e. The molecule has 1 aliphatic heterocycles. The molecule has 0 radical (unpaired) electrons. The van der Waals surface area contributed by atoms with E-state index in [1.165, 1.54) is 0 Å². The first-order chi connectivity index (χ1) is 9.02. The van der Waals surface area contributed by atoms with Gasteiger partial charge in [-0.05, 0) is 44.5 Å². The molecule has 1 saturated heterocycles. The van der Waals surface area contributed by atoms with Crippen molar-refractivity contribution in [3.8, 4) is 0 Å². The van der Waals surface area contributed by atoms with E-state index < -0.39 is 0 Å². The fourth-order valence-electron chi connectivity index (χ4n) is 2.43. The van der Waals surface area contributed by atoms with E-state index in [0.717, 1.165) is 30.0 Å². The van der Waals surface area contributed by atoms with Crippen molar-refractivity contribution in [2.75, 3.05) is 18.1 Å². The standard InChI is InChI=1S/C14H21N3O2/c1-9-6-12(4-5-13(9)14(15)16-18)17-7-11(3)19-8-10(17)2/h4-6,10-11,18H,7-8H2,1-3H3,(H2,15,16). The normalized spacial score (nSPS) is 24.6. The van der Waals surface area contributed by atoms with Crippen LogP contribution >= 0.6 is 0 Å². The average Bonchev–Trinajstić information content (AvgIpc) is 2.40. The van der Waals surface area contributed by atoms with Crippen LogP contribution in [0.15, 0.2) is 23.4 Å². The molecule has 1 aromatic carbocycles. The van der Waals surface area contributed by atoms with Gasteiger partial charge >= 0.3 is 0 Å². The number of amidine groups is 1. The molecule has 1 aliphatic rings. The predicted octanol–water partition coefficient (Wildman–Crippen LogP) is 1.70. The average molecular weight is 263 g/mol. The minimum atomic E-state index is 0.146. The molecule has 1 heterocycles. The van der Waals surface area contributed by atoms with Crippen molar-refractivity contribution in [2.24, 2.45) is 10.9 Å². The van der Waals surface area contributed by atoms with Crippen molar-refractivity contribution in [1.29, 1.82) is 0 Å². The van der Waals surface area contributed by atoms with E-state index in [-0.39, 0.29) is 11.9 Å². The number of oxime groups is 1. The molecule has 0 aromatic heterocycles. The Hall–Kier alpha value is -1.75. The van der Waals surface area contributed by atoms with Gasteiger partial charge in [0.15, 0.2) is 5.84 Å². The Labute approximate surface area is 113 Å². The summed E-state index contributed by atoms with van der Waals surface area (Å²) in [6.07, 6.45) is 0.236. The highest BCUT2D eigenvalue weighted by Crippen LogP contribution is 2.24. The number of morpholine rings is 1. The predicted molar refractivity (Wildman–Crippen MR) is 75.9 cm³/mol. The molecule has 1 fully saturated rings. The lowest BCUT2D eigenvalue weighted by atomic mass is 10.1. The van der Waals surface area contributed by atoms with Crippen molar-refractivity contribution in [2.45, 2.75) is 32.9 Å². The third-order valence-electron chi connectivity index (χ3n) is 3.53. The van der Waals surface area contributed by atoms with Crippen LogP contribution in [0.4, 0.5) is 5.69 Å². The van der Waals surface area contributed by atoms with Crippen LogP contribution in [-0.2, 0) is 4.74 Å². The molecule has 0 saturated carbocycles. The van der Waals surface area contributed by atoms with Crippen molar-refractivity contribution in [3.63, 3.8) is 0 Å². The van der Waals surface area contributed by atoms with Gasteiger partial charge in [-0.2, -0.15) is 0 Å². The molecule has 0 aliphatic carbocycles. The fraction of sp³-hybridized carbons (Fsp3) is 0.500. The van der Waals surface area contributed by atoms with Gasteiger partial charge in [-0.25, -0.2) is 0 Å². The zero-order valence-electron chi connectivity index (χ0n) is 11.6. The lowest BCUT2D eigenvalue weighted by Gasteiger charge is -2.38.